The van der Waals surface area contributed by atoms with Gasteiger partial charge in [0.05, 0.1) is 6.20 Å². The fourth-order valence-electron chi connectivity index (χ4n) is 0.856. The van der Waals surface area contributed by atoms with Crippen molar-refractivity contribution in [1.29, 1.82) is 0 Å². The minimum absolute atomic E-state index is 0.0671. The Morgan fingerprint density at radius 1 is 1.50 bits per heavy atom. The van der Waals surface area contributed by atoms with E-state index in [0.717, 1.165) is 6.20 Å². The normalized spacial score (nSPS) is 11.1. The summed E-state index contributed by atoms with van der Waals surface area (Å²) in [5, 5.41) is 0. The van der Waals surface area contributed by atoms with Crippen molar-refractivity contribution in [3.05, 3.63) is 24.0 Å². The van der Waals surface area contributed by atoms with Crippen LogP contribution in [0.2, 0.25) is 0 Å². The standard InChI is InChI=1S/C9H9F2NO2/c1-6(13)8-4-3-7(5-12-8)14-9(2,10)11/h3-5H,1-2H3. The third-order valence-corrected chi connectivity index (χ3v) is 1.39. The summed E-state index contributed by atoms with van der Waals surface area (Å²) >= 11 is 0. The summed E-state index contributed by atoms with van der Waals surface area (Å²) in [5.74, 6) is -0.290. The second kappa shape index (κ2) is 3.69. The van der Waals surface area contributed by atoms with Crippen LogP contribution in [-0.2, 0) is 0 Å². The lowest BCUT2D eigenvalue weighted by Gasteiger charge is -2.12. The lowest BCUT2D eigenvalue weighted by Crippen LogP contribution is -2.19. The number of aromatic nitrogens is 1. The molecule has 0 aliphatic carbocycles. The molecule has 1 aromatic rings. The molecule has 0 saturated carbocycles. The highest BCUT2D eigenvalue weighted by Crippen LogP contribution is 2.19. The highest BCUT2D eigenvalue weighted by molar-refractivity contribution is 5.92. The molecule has 0 spiro atoms. The second-order valence-corrected chi connectivity index (χ2v) is 2.85. The van der Waals surface area contributed by atoms with E-state index >= 15 is 0 Å². The summed E-state index contributed by atoms with van der Waals surface area (Å²) < 4.78 is 28.9. The van der Waals surface area contributed by atoms with Gasteiger partial charge in [0.15, 0.2) is 5.78 Å². The van der Waals surface area contributed by atoms with Crippen LogP contribution < -0.4 is 4.74 Å². The summed E-state index contributed by atoms with van der Waals surface area (Å²) in [6.07, 6.45) is -2.15. The van der Waals surface area contributed by atoms with Gasteiger partial charge in [0.1, 0.15) is 11.4 Å². The molecule has 0 aliphatic rings. The number of rotatable bonds is 3. The van der Waals surface area contributed by atoms with Crippen LogP contribution >= 0.6 is 0 Å². The van der Waals surface area contributed by atoms with Gasteiger partial charge < -0.3 is 4.74 Å². The van der Waals surface area contributed by atoms with Gasteiger partial charge in [-0.1, -0.05) is 0 Å². The van der Waals surface area contributed by atoms with Crippen LogP contribution in [0.25, 0.3) is 0 Å². The summed E-state index contributed by atoms with van der Waals surface area (Å²) in [5.41, 5.74) is 0.219. The minimum atomic E-state index is -3.24. The monoisotopic (exact) mass is 201 g/mol. The van der Waals surface area contributed by atoms with E-state index in [-0.39, 0.29) is 17.2 Å². The van der Waals surface area contributed by atoms with E-state index in [1.54, 1.807) is 0 Å². The van der Waals surface area contributed by atoms with Crippen molar-refractivity contribution in [2.24, 2.45) is 0 Å². The van der Waals surface area contributed by atoms with Gasteiger partial charge in [-0.25, -0.2) is 4.98 Å². The summed E-state index contributed by atoms with van der Waals surface area (Å²) in [6, 6.07) is 2.62. The molecule has 5 heteroatoms. The Balaban J connectivity index is 2.79. The first-order valence-corrected chi connectivity index (χ1v) is 3.92. The van der Waals surface area contributed by atoms with Crippen LogP contribution in [0.3, 0.4) is 0 Å². The lowest BCUT2D eigenvalue weighted by atomic mass is 10.3. The predicted molar refractivity (Wildman–Crippen MR) is 45.5 cm³/mol. The Labute approximate surface area is 79.7 Å². The second-order valence-electron chi connectivity index (χ2n) is 2.85. The zero-order valence-electron chi connectivity index (χ0n) is 7.75. The molecule has 0 fully saturated rings. The van der Waals surface area contributed by atoms with E-state index in [2.05, 4.69) is 9.72 Å². The van der Waals surface area contributed by atoms with Gasteiger partial charge in [0.25, 0.3) is 0 Å². The Morgan fingerprint density at radius 3 is 2.50 bits per heavy atom. The molecule has 0 N–H and O–H groups in total. The number of ketones is 1. The van der Waals surface area contributed by atoms with Gasteiger partial charge in [-0.2, -0.15) is 8.78 Å². The van der Waals surface area contributed by atoms with Crippen LogP contribution in [0.15, 0.2) is 18.3 Å². The maximum Gasteiger partial charge on any atom is 0.394 e. The molecule has 0 saturated heterocycles. The number of carbonyl (C=O) groups excluding carboxylic acids is 1. The molecule has 0 radical (unpaired) electrons. The van der Waals surface area contributed by atoms with Crippen molar-refractivity contribution in [2.75, 3.05) is 0 Å². The van der Waals surface area contributed by atoms with E-state index in [9.17, 15) is 13.6 Å². The molecule has 76 valence electrons. The van der Waals surface area contributed by atoms with Gasteiger partial charge in [0, 0.05) is 13.8 Å². The van der Waals surface area contributed by atoms with Crippen molar-refractivity contribution in [3.63, 3.8) is 0 Å². The zero-order valence-corrected chi connectivity index (χ0v) is 7.75. The van der Waals surface area contributed by atoms with Crippen molar-refractivity contribution in [1.82, 2.24) is 4.98 Å². The summed E-state index contributed by atoms with van der Waals surface area (Å²) in [7, 11) is 0. The highest BCUT2D eigenvalue weighted by atomic mass is 19.3. The van der Waals surface area contributed by atoms with Gasteiger partial charge >= 0.3 is 6.11 Å². The van der Waals surface area contributed by atoms with Crippen molar-refractivity contribution in [2.45, 2.75) is 20.0 Å². The lowest BCUT2D eigenvalue weighted by molar-refractivity contribution is -0.159. The molecule has 0 aliphatic heterocycles. The van der Waals surface area contributed by atoms with Crippen LogP contribution in [-0.4, -0.2) is 16.9 Å². The van der Waals surface area contributed by atoms with E-state index in [1.807, 2.05) is 0 Å². The SMILES string of the molecule is CC(=O)c1ccc(OC(C)(F)F)cn1. The molecule has 0 atom stereocenters. The van der Waals surface area contributed by atoms with Crippen LogP contribution in [0.5, 0.6) is 5.75 Å². The molecule has 1 rings (SSSR count). The maximum absolute atomic E-state index is 12.4. The summed E-state index contributed by atoms with van der Waals surface area (Å²) in [4.78, 5) is 14.4. The number of nitrogens with zero attached hydrogens (tertiary/aromatic N) is 1. The largest absolute Gasteiger partial charge is 0.431 e. The van der Waals surface area contributed by atoms with E-state index in [1.165, 1.54) is 19.1 Å². The van der Waals surface area contributed by atoms with E-state index in [0.29, 0.717) is 6.92 Å². The molecular weight excluding hydrogens is 192 g/mol. The fourth-order valence-corrected chi connectivity index (χ4v) is 0.856. The van der Waals surface area contributed by atoms with E-state index < -0.39 is 6.11 Å². The molecule has 14 heavy (non-hydrogen) atoms. The number of Topliss-reactive ketones (excluding diaryl/α,β-unsaturated/α-hetero) is 1. The van der Waals surface area contributed by atoms with Crippen molar-refractivity contribution in [3.8, 4) is 5.75 Å². The number of halogens is 2. The first-order valence-electron chi connectivity index (χ1n) is 3.92. The molecule has 3 nitrogen and oxygen atoms in total. The Hall–Kier alpha value is -1.52. The smallest absolute Gasteiger partial charge is 0.394 e. The first kappa shape index (κ1) is 10.6. The molecule has 0 aromatic carbocycles. The highest BCUT2D eigenvalue weighted by Gasteiger charge is 2.23. The van der Waals surface area contributed by atoms with Gasteiger partial charge in [-0.3, -0.25) is 4.79 Å². The number of hydrogen-bond donors (Lipinski definition) is 0. The fraction of sp³-hybridized carbons (Fsp3) is 0.333. The quantitative estimate of drug-likeness (QED) is 0.704. The topological polar surface area (TPSA) is 39.2 Å². The molecule has 0 amide bonds. The molecule has 0 unspecified atom stereocenters. The number of hydrogen-bond acceptors (Lipinski definition) is 3. The maximum atomic E-state index is 12.4. The average molecular weight is 201 g/mol. The predicted octanol–water partition coefficient (Wildman–Crippen LogP) is 2.28. The van der Waals surface area contributed by atoms with E-state index in [4.69, 9.17) is 0 Å². The molecule has 1 aromatic heterocycles. The van der Waals surface area contributed by atoms with Crippen LogP contribution in [0, 0.1) is 0 Å². The third kappa shape index (κ3) is 3.08. The number of ether oxygens (including phenoxy) is 1. The number of pyridine rings is 1. The average Bonchev–Trinajstić information content (AvgIpc) is 2.02. The molecule has 1 heterocycles. The minimum Gasteiger partial charge on any atom is -0.431 e. The summed E-state index contributed by atoms with van der Waals surface area (Å²) in [6.45, 7) is 1.98. The molecular formula is C9H9F2NO2. The Morgan fingerprint density at radius 2 is 2.14 bits per heavy atom. The van der Waals surface area contributed by atoms with Crippen molar-refractivity contribution >= 4 is 5.78 Å². The third-order valence-electron chi connectivity index (χ3n) is 1.39. The number of alkyl halides is 2. The Kier molecular flexibility index (Phi) is 2.78. The van der Waals surface area contributed by atoms with Gasteiger partial charge in [-0.15, -0.1) is 0 Å². The van der Waals surface area contributed by atoms with Gasteiger partial charge in [0.2, 0.25) is 0 Å². The van der Waals surface area contributed by atoms with Crippen molar-refractivity contribution < 1.29 is 18.3 Å². The molecule has 0 bridgehead atoms. The van der Waals surface area contributed by atoms with Crippen LogP contribution in [0.1, 0.15) is 24.3 Å². The number of carbonyl (C=O) groups is 1. The zero-order chi connectivity index (χ0) is 10.8. The van der Waals surface area contributed by atoms with Crippen LogP contribution in [0.4, 0.5) is 8.78 Å². The van der Waals surface area contributed by atoms with Gasteiger partial charge in [-0.05, 0) is 12.1 Å². The first-order chi connectivity index (χ1) is 6.38. The Bertz CT molecular complexity index is 330.